The van der Waals surface area contributed by atoms with Gasteiger partial charge in [0.1, 0.15) is 5.69 Å². The first-order valence-corrected chi connectivity index (χ1v) is 5.76. The fourth-order valence-electron chi connectivity index (χ4n) is 1.81. The normalized spacial score (nSPS) is 10.7. The predicted molar refractivity (Wildman–Crippen MR) is 73.2 cm³/mol. The molecular weight excluding hydrogens is 250 g/mol. The number of nitrogens with zero attached hydrogens (tertiary/aromatic N) is 1. The van der Waals surface area contributed by atoms with Crippen LogP contribution in [0.5, 0.6) is 0 Å². The third-order valence-electron chi connectivity index (χ3n) is 2.61. The van der Waals surface area contributed by atoms with Crippen LogP contribution in [0, 0.1) is 0 Å². The molecule has 2 aromatic heterocycles. The number of aromatic nitrogens is 1. The Kier molecular flexibility index (Phi) is 2.57. The molecule has 2 heterocycles. The Hall–Kier alpha value is -2.20. The minimum atomic E-state index is 0.331. The second-order valence-corrected chi connectivity index (χ2v) is 4.28. The molecule has 90 valence electrons. The molecule has 0 spiro atoms. The van der Waals surface area contributed by atoms with Crippen molar-refractivity contribution in [3.8, 4) is 0 Å². The lowest BCUT2D eigenvalue weighted by Crippen LogP contribution is -1.93. The fraction of sp³-hybridized carbons (Fsp3) is 0. The topological polar surface area (TPSA) is 64.1 Å². The maximum Gasteiger partial charge on any atom is 0.215 e. The van der Waals surface area contributed by atoms with Gasteiger partial charge in [0.25, 0.3) is 0 Å². The summed E-state index contributed by atoms with van der Waals surface area (Å²) in [6.45, 7) is 0. The molecule has 4 nitrogen and oxygen atoms in total. The van der Waals surface area contributed by atoms with E-state index in [9.17, 15) is 0 Å². The summed E-state index contributed by atoms with van der Waals surface area (Å²) in [5, 5.41) is 4.76. The average Bonchev–Trinajstić information content (AvgIpc) is 2.66. The summed E-state index contributed by atoms with van der Waals surface area (Å²) in [5.41, 5.74) is 8.09. The molecule has 0 aliphatic heterocycles. The molecule has 0 aliphatic carbocycles. The van der Waals surface area contributed by atoms with Crippen LogP contribution in [-0.2, 0) is 0 Å². The number of nitrogens with one attached hydrogen (secondary N) is 1. The standard InChI is InChI=1S/C13H10ClN3O/c14-8-2-1-3-9(6-8)17-12-10-4-5-16-7-11(10)18-13(12)15/h1-7,17H,15H2. The number of fused-ring (bicyclic) bond motifs is 1. The number of hydrogen-bond donors (Lipinski definition) is 2. The summed E-state index contributed by atoms with van der Waals surface area (Å²) in [7, 11) is 0. The van der Waals surface area contributed by atoms with Crippen LogP contribution >= 0.6 is 11.6 Å². The SMILES string of the molecule is Nc1oc2cnccc2c1Nc1cccc(Cl)c1. The van der Waals surface area contributed by atoms with Crippen LogP contribution in [0.15, 0.2) is 47.1 Å². The van der Waals surface area contributed by atoms with Crippen molar-refractivity contribution in [2.24, 2.45) is 0 Å². The Morgan fingerprint density at radius 2 is 2.17 bits per heavy atom. The minimum Gasteiger partial charge on any atom is -0.437 e. The fourth-order valence-corrected chi connectivity index (χ4v) is 2.00. The Labute approximate surface area is 108 Å². The van der Waals surface area contributed by atoms with Crippen molar-refractivity contribution in [3.63, 3.8) is 0 Å². The molecule has 0 radical (unpaired) electrons. The van der Waals surface area contributed by atoms with Crippen LogP contribution in [0.3, 0.4) is 0 Å². The molecule has 0 amide bonds. The lowest BCUT2D eigenvalue weighted by Gasteiger charge is -2.05. The van der Waals surface area contributed by atoms with Gasteiger partial charge in [0, 0.05) is 22.3 Å². The van der Waals surface area contributed by atoms with Gasteiger partial charge in [-0.05, 0) is 24.3 Å². The lowest BCUT2D eigenvalue weighted by molar-refractivity contribution is 0.636. The van der Waals surface area contributed by atoms with E-state index in [-0.39, 0.29) is 0 Å². The van der Waals surface area contributed by atoms with Crippen molar-refractivity contribution in [1.82, 2.24) is 4.98 Å². The van der Waals surface area contributed by atoms with E-state index in [1.54, 1.807) is 12.4 Å². The van der Waals surface area contributed by atoms with Gasteiger partial charge < -0.3 is 15.5 Å². The number of hydrogen-bond acceptors (Lipinski definition) is 4. The molecule has 5 heteroatoms. The zero-order valence-corrected chi connectivity index (χ0v) is 10.1. The second-order valence-electron chi connectivity index (χ2n) is 3.85. The summed E-state index contributed by atoms with van der Waals surface area (Å²) in [6.07, 6.45) is 3.33. The average molecular weight is 260 g/mol. The molecular formula is C13H10ClN3O. The van der Waals surface area contributed by atoms with Crippen molar-refractivity contribution in [2.75, 3.05) is 11.1 Å². The zero-order chi connectivity index (χ0) is 12.5. The molecule has 0 fully saturated rings. The first-order chi connectivity index (χ1) is 8.74. The van der Waals surface area contributed by atoms with E-state index in [0.717, 1.165) is 16.8 Å². The molecule has 0 unspecified atom stereocenters. The van der Waals surface area contributed by atoms with Gasteiger partial charge in [-0.1, -0.05) is 17.7 Å². The van der Waals surface area contributed by atoms with E-state index < -0.39 is 0 Å². The van der Waals surface area contributed by atoms with Crippen molar-refractivity contribution in [2.45, 2.75) is 0 Å². The molecule has 0 saturated heterocycles. The van der Waals surface area contributed by atoms with Crippen LogP contribution in [0.1, 0.15) is 0 Å². The number of pyridine rings is 1. The van der Waals surface area contributed by atoms with Gasteiger partial charge in [0.05, 0.1) is 6.20 Å². The summed E-state index contributed by atoms with van der Waals surface area (Å²) in [5.74, 6) is 0.331. The van der Waals surface area contributed by atoms with Gasteiger partial charge >= 0.3 is 0 Å². The number of anilines is 3. The number of halogens is 1. The van der Waals surface area contributed by atoms with E-state index in [4.69, 9.17) is 21.8 Å². The first-order valence-electron chi connectivity index (χ1n) is 5.38. The van der Waals surface area contributed by atoms with Crippen molar-refractivity contribution in [3.05, 3.63) is 47.7 Å². The molecule has 3 aromatic rings. The Bertz CT molecular complexity index is 708. The van der Waals surface area contributed by atoms with Gasteiger partial charge in [-0.25, -0.2) is 0 Å². The molecule has 0 bridgehead atoms. The maximum absolute atomic E-state index is 5.94. The number of furan rings is 1. The van der Waals surface area contributed by atoms with Gasteiger partial charge in [-0.15, -0.1) is 0 Å². The third-order valence-corrected chi connectivity index (χ3v) is 2.85. The molecule has 1 aromatic carbocycles. The molecule has 3 N–H and O–H groups in total. The zero-order valence-electron chi connectivity index (χ0n) is 9.35. The summed E-state index contributed by atoms with van der Waals surface area (Å²) < 4.78 is 5.42. The maximum atomic E-state index is 5.94. The van der Waals surface area contributed by atoms with Crippen LogP contribution in [0.2, 0.25) is 5.02 Å². The van der Waals surface area contributed by atoms with E-state index in [1.807, 2.05) is 30.3 Å². The second kappa shape index (κ2) is 4.23. The number of rotatable bonds is 2. The highest BCUT2D eigenvalue weighted by atomic mass is 35.5. The highest BCUT2D eigenvalue weighted by Gasteiger charge is 2.11. The lowest BCUT2D eigenvalue weighted by atomic mass is 10.2. The van der Waals surface area contributed by atoms with Gasteiger partial charge in [-0.3, -0.25) is 4.98 Å². The summed E-state index contributed by atoms with van der Waals surface area (Å²) in [6, 6.07) is 9.26. The first kappa shape index (κ1) is 10.9. The molecule has 0 aliphatic rings. The van der Waals surface area contributed by atoms with Crippen molar-refractivity contribution >= 4 is 39.8 Å². The number of nitrogen functional groups attached to an aromatic ring is 1. The monoisotopic (exact) mass is 259 g/mol. The van der Waals surface area contributed by atoms with Crippen LogP contribution in [0.25, 0.3) is 11.0 Å². The Morgan fingerprint density at radius 1 is 1.28 bits per heavy atom. The van der Waals surface area contributed by atoms with Gasteiger partial charge in [0.15, 0.2) is 5.58 Å². The van der Waals surface area contributed by atoms with E-state index >= 15 is 0 Å². The summed E-state index contributed by atoms with van der Waals surface area (Å²) in [4.78, 5) is 3.99. The van der Waals surface area contributed by atoms with Crippen molar-refractivity contribution < 1.29 is 4.42 Å². The molecule has 0 saturated carbocycles. The number of nitrogens with two attached hydrogens (primary N) is 1. The quantitative estimate of drug-likeness (QED) is 0.735. The van der Waals surface area contributed by atoms with E-state index in [2.05, 4.69) is 10.3 Å². The number of benzene rings is 1. The highest BCUT2D eigenvalue weighted by Crippen LogP contribution is 2.34. The van der Waals surface area contributed by atoms with E-state index in [1.165, 1.54) is 0 Å². The highest BCUT2D eigenvalue weighted by molar-refractivity contribution is 6.30. The van der Waals surface area contributed by atoms with Crippen LogP contribution in [-0.4, -0.2) is 4.98 Å². The van der Waals surface area contributed by atoms with Crippen molar-refractivity contribution in [1.29, 1.82) is 0 Å². The smallest absolute Gasteiger partial charge is 0.215 e. The largest absolute Gasteiger partial charge is 0.437 e. The Balaban J connectivity index is 2.07. The van der Waals surface area contributed by atoms with Gasteiger partial charge in [-0.2, -0.15) is 0 Å². The van der Waals surface area contributed by atoms with E-state index in [0.29, 0.717) is 16.5 Å². The van der Waals surface area contributed by atoms with Gasteiger partial charge in [0.2, 0.25) is 5.88 Å². The minimum absolute atomic E-state index is 0.331. The molecule has 0 atom stereocenters. The Morgan fingerprint density at radius 3 is 3.00 bits per heavy atom. The summed E-state index contributed by atoms with van der Waals surface area (Å²) >= 11 is 5.94. The predicted octanol–water partition coefficient (Wildman–Crippen LogP) is 3.81. The van der Waals surface area contributed by atoms with Crippen LogP contribution < -0.4 is 11.1 Å². The molecule has 18 heavy (non-hydrogen) atoms. The van der Waals surface area contributed by atoms with Crippen LogP contribution in [0.4, 0.5) is 17.3 Å². The molecule has 3 rings (SSSR count). The third kappa shape index (κ3) is 1.87.